The van der Waals surface area contributed by atoms with Gasteiger partial charge < -0.3 is 9.84 Å². The largest absolute Gasteiger partial charge is 0.496 e. The third kappa shape index (κ3) is 1.71. The lowest BCUT2D eigenvalue weighted by atomic mass is 10.1. The average molecular weight is 152 g/mol. The number of rotatable bonds is 2. The molecule has 11 heavy (non-hydrogen) atoms. The molecule has 1 aromatic carbocycles. The molecule has 60 valence electrons. The van der Waals surface area contributed by atoms with E-state index in [0.29, 0.717) is 0 Å². The maximum absolute atomic E-state index is 8.86. The van der Waals surface area contributed by atoms with Gasteiger partial charge in [-0.1, -0.05) is 12.1 Å². The molecule has 1 aromatic rings. The van der Waals surface area contributed by atoms with Crippen LogP contribution in [0.15, 0.2) is 18.2 Å². The fraction of sp³-hybridized carbons (Fsp3) is 0.333. The second kappa shape index (κ2) is 3.39. The molecule has 1 rings (SSSR count). The fourth-order valence-corrected chi connectivity index (χ4v) is 0.982. The van der Waals surface area contributed by atoms with Crippen molar-refractivity contribution < 1.29 is 9.84 Å². The molecule has 0 heterocycles. The maximum Gasteiger partial charge on any atom is 0.124 e. The van der Waals surface area contributed by atoms with Crippen LogP contribution in [0, 0.1) is 6.92 Å². The fourth-order valence-electron chi connectivity index (χ4n) is 0.982. The molecule has 0 aliphatic heterocycles. The summed E-state index contributed by atoms with van der Waals surface area (Å²) in [5.41, 5.74) is 1.97. The molecular formula is C9H12O2. The van der Waals surface area contributed by atoms with Crippen LogP contribution in [-0.4, -0.2) is 12.2 Å². The first-order valence-electron chi connectivity index (χ1n) is 3.52. The molecule has 0 saturated carbocycles. The zero-order chi connectivity index (χ0) is 8.27. The van der Waals surface area contributed by atoms with Crippen molar-refractivity contribution in [2.45, 2.75) is 13.5 Å². The van der Waals surface area contributed by atoms with E-state index in [-0.39, 0.29) is 6.61 Å². The smallest absolute Gasteiger partial charge is 0.124 e. The highest BCUT2D eigenvalue weighted by atomic mass is 16.5. The molecule has 0 aliphatic rings. The van der Waals surface area contributed by atoms with Gasteiger partial charge in [-0.05, 0) is 18.6 Å². The second-order valence-electron chi connectivity index (χ2n) is 2.47. The lowest BCUT2D eigenvalue weighted by Crippen LogP contribution is -1.91. The molecule has 0 spiro atoms. The summed E-state index contributed by atoms with van der Waals surface area (Å²) in [5, 5.41) is 8.86. The van der Waals surface area contributed by atoms with Crippen LogP contribution >= 0.6 is 0 Å². The molecule has 2 heteroatoms. The standard InChI is InChI=1S/C9H12O2/c1-7-3-4-8(6-10)9(5-7)11-2/h3-5,10H,6H2,1-2H3. The summed E-state index contributed by atoms with van der Waals surface area (Å²) in [7, 11) is 1.61. The lowest BCUT2D eigenvalue weighted by molar-refractivity contribution is 0.273. The Morgan fingerprint density at radius 3 is 2.73 bits per heavy atom. The van der Waals surface area contributed by atoms with E-state index in [4.69, 9.17) is 9.84 Å². The molecule has 1 N–H and O–H groups in total. The predicted octanol–water partition coefficient (Wildman–Crippen LogP) is 1.50. The van der Waals surface area contributed by atoms with Crippen molar-refractivity contribution in [3.63, 3.8) is 0 Å². The molecular weight excluding hydrogens is 140 g/mol. The van der Waals surface area contributed by atoms with E-state index < -0.39 is 0 Å². The van der Waals surface area contributed by atoms with Crippen LogP contribution in [0.2, 0.25) is 0 Å². The van der Waals surface area contributed by atoms with E-state index >= 15 is 0 Å². The van der Waals surface area contributed by atoms with Gasteiger partial charge in [-0.15, -0.1) is 0 Å². The van der Waals surface area contributed by atoms with E-state index in [2.05, 4.69) is 0 Å². The predicted molar refractivity (Wildman–Crippen MR) is 43.7 cm³/mol. The van der Waals surface area contributed by atoms with E-state index in [0.717, 1.165) is 16.9 Å². The molecule has 0 radical (unpaired) electrons. The number of aryl methyl sites for hydroxylation is 1. The SMILES string of the molecule is COc1cc(C)ccc1CO. The molecule has 0 bridgehead atoms. The van der Waals surface area contributed by atoms with E-state index in [1.165, 1.54) is 0 Å². The third-order valence-electron chi connectivity index (χ3n) is 1.61. The Hall–Kier alpha value is -1.02. The number of benzene rings is 1. The minimum Gasteiger partial charge on any atom is -0.496 e. The molecule has 0 saturated heterocycles. The van der Waals surface area contributed by atoms with Crippen LogP contribution in [0.5, 0.6) is 5.75 Å². The highest BCUT2D eigenvalue weighted by Crippen LogP contribution is 2.19. The van der Waals surface area contributed by atoms with Crippen LogP contribution in [0.1, 0.15) is 11.1 Å². The Morgan fingerprint density at radius 2 is 2.18 bits per heavy atom. The van der Waals surface area contributed by atoms with Gasteiger partial charge in [0, 0.05) is 5.56 Å². The van der Waals surface area contributed by atoms with Gasteiger partial charge in [0.1, 0.15) is 5.75 Å². The monoisotopic (exact) mass is 152 g/mol. The summed E-state index contributed by atoms with van der Waals surface area (Å²) in [4.78, 5) is 0. The van der Waals surface area contributed by atoms with Gasteiger partial charge in [0.15, 0.2) is 0 Å². The molecule has 0 unspecified atom stereocenters. The van der Waals surface area contributed by atoms with Crippen molar-refractivity contribution in [2.24, 2.45) is 0 Å². The van der Waals surface area contributed by atoms with Gasteiger partial charge in [-0.3, -0.25) is 0 Å². The van der Waals surface area contributed by atoms with Crippen molar-refractivity contribution in [3.05, 3.63) is 29.3 Å². The Morgan fingerprint density at radius 1 is 1.45 bits per heavy atom. The van der Waals surface area contributed by atoms with Gasteiger partial charge in [0.25, 0.3) is 0 Å². The van der Waals surface area contributed by atoms with Crippen molar-refractivity contribution in [1.82, 2.24) is 0 Å². The summed E-state index contributed by atoms with van der Waals surface area (Å²) in [6.45, 7) is 2.02. The van der Waals surface area contributed by atoms with Crippen molar-refractivity contribution in [1.29, 1.82) is 0 Å². The Balaban J connectivity index is 3.06. The first kappa shape index (κ1) is 8.08. The minimum atomic E-state index is 0.0312. The molecule has 0 amide bonds. The number of methoxy groups -OCH3 is 1. The van der Waals surface area contributed by atoms with E-state index in [1.54, 1.807) is 7.11 Å². The quantitative estimate of drug-likeness (QED) is 0.695. The first-order valence-corrected chi connectivity index (χ1v) is 3.52. The summed E-state index contributed by atoms with van der Waals surface area (Å²) < 4.78 is 5.06. The first-order chi connectivity index (χ1) is 5.27. The van der Waals surface area contributed by atoms with Gasteiger partial charge in [-0.25, -0.2) is 0 Å². The average Bonchev–Trinajstić information content (AvgIpc) is 2.04. The number of ether oxygens (including phenoxy) is 1. The van der Waals surface area contributed by atoms with Crippen molar-refractivity contribution in [2.75, 3.05) is 7.11 Å². The molecule has 0 aliphatic carbocycles. The lowest BCUT2D eigenvalue weighted by Gasteiger charge is -2.05. The molecule has 0 atom stereocenters. The summed E-state index contributed by atoms with van der Waals surface area (Å²) in [6.07, 6.45) is 0. The number of hydrogen-bond donors (Lipinski definition) is 1. The Labute approximate surface area is 66.4 Å². The highest BCUT2D eigenvalue weighted by molar-refractivity contribution is 5.36. The second-order valence-corrected chi connectivity index (χ2v) is 2.47. The molecule has 2 nitrogen and oxygen atoms in total. The summed E-state index contributed by atoms with van der Waals surface area (Å²) >= 11 is 0. The van der Waals surface area contributed by atoms with Gasteiger partial charge >= 0.3 is 0 Å². The number of aliphatic hydroxyl groups excluding tert-OH is 1. The van der Waals surface area contributed by atoms with Crippen LogP contribution in [0.3, 0.4) is 0 Å². The van der Waals surface area contributed by atoms with Crippen molar-refractivity contribution in [3.8, 4) is 5.75 Å². The Bertz CT molecular complexity index is 243. The summed E-state index contributed by atoms with van der Waals surface area (Å²) in [6, 6.07) is 5.73. The molecule has 0 aromatic heterocycles. The molecule has 0 fully saturated rings. The van der Waals surface area contributed by atoms with Crippen LogP contribution in [0.4, 0.5) is 0 Å². The zero-order valence-corrected chi connectivity index (χ0v) is 6.79. The highest BCUT2D eigenvalue weighted by Gasteiger charge is 1.99. The van der Waals surface area contributed by atoms with Crippen LogP contribution in [-0.2, 0) is 6.61 Å². The maximum atomic E-state index is 8.86. The number of aliphatic hydroxyl groups is 1. The van der Waals surface area contributed by atoms with Crippen LogP contribution < -0.4 is 4.74 Å². The minimum absolute atomic E-state index is 0.0312. The van der Waals surface area contributed by atoms with Crippen molar-refractivity contribution >= 4 is 0 Å². The van der Waals surface area contributed by atoms with Gasteiger partial charge in [0.2, 0.25) is 0 Å². The summed E-state index contributed by atoms with van der Waals surface area (Å²) in [5.74, 6) is 0.757. The van der Waals surface area contributed by atoms with Gasteiger partial charge in [-0.2, -0.15) is 0 Å². The number of hydrogen-bond acceptors (Lipinski definition) is 2. The van der Waals surface area contributed by atoms with E-state index in [9.17, 15) is 0 Å². The zero-order valence-electron chi connectivity index (χ0n) is 6.79. The van der Waals surface area contributed by atoms with Gasteiger partial charge in [0.05, 0.1) is 13.7 Å². The van der Waals surface area contributed by atoms with E-state index in [1.807, 2.05) is 25.1 Å². The third-order valence-corrected chi connectivity index (χ3v) is 1.61. The normalized spacial score (nSPS) is 9.73. The topological polar surface area (TPSA) is 29.5 Å². The van der Waals surface area contributed by atoms with Crippen LogP contribution in [0.25, 0.3) is 0 Å². The Kier molecular flexibility index (Phi) is 2.49.